The molecule has 6 rings (SSSR count). The third kappa shape index (κ3) is 8.56. The van der Waals surface area contributed by atoms with Crippen LogP contribution in [0.2, 0.25) is 0 Å². The fraction of sp³-hybridized carbons (Fsp3) is 0.516. The van der Waals surface area contributed by atoms with E-state index in [1.807, 2.05) is 17.8 Å². The molecule has 3 aromatic heterocycles. The van der Waals surface area contributed by atoms with Crippen molar-refractivity contribution in [3.8, 4) is 28.8 Å². The van der Waals surface area contributed by atoms with Crippen LogP contribution in [0.5, 0.6) is 11.6 Å². The largest absolute Gasteiger partial charge is 0.487 e. The number of nitriles is 1. The summed E-state index contributed by atoms with van der Waals surface area (Å²) in [5, 5.41) is 28.6. The molecule has 0 bridgehead atoms. The number of alkyl halides is 2. The summed E-state index contributed by atoms with van der Waals surface area (Å²) < 4.78 is 50.1. The molecule has 2 fully saturated rings. The van der Waals surface area contributed by atoms with Gasteiger partial charge in [0, 0.05) is 37.1 Å². The molecule has 0 radical (unpaired) electrons. The van der Waals surface area contributed by atoms with Crippen molar-refractivity contribution in [2.24, 2.45) is 0 Å². The van der Waals surface area contributed by atoms with Crippen LogP contribution in [0.3, 0.4) is 0 Å². The molecule has 1 saturated heterocycles. The molecule has 1 aliphatic carbocycles. The summed E-state index contributed by atoms with van der Waals surface area (Å²) in [6.07, 6.45) is 10.4. The van der Waals surface area contributed by atoms with Gasteiger partial charge in [-0.1, -0.05) is 6.07 Å². The number of anilines is 2. The van der Waals surface area contributed by atoms with E-state index >= 15 is 0 Å². The van der Waals surface area contributed by atoms with Gasteiger partial charge in [0.25, 0.3) is 5.88 Å². The third-order valence-electron chi connectivity index (χ3n) is 8.36. The summed E-state index contributed by atoms with van der Waals surface area (Å²) in [5.41, 5.74) is 2.37. The minimum Gasteiger partial charge on any atom is -0.487 e. The maximum Gasteiger partial charge on any atom is 0.345 e. The van der Waals surface area contributed by atoms with E-state index in [2.05, 4.69) is 51.6 Å². The summed E-state index contributed by atoms with van der Waals surface area (Å²) in [6.45, 7) is 2.49. The number of benzene rings is 1. The van der Waals surface area contributed by atoms with E-state index in [9.17, 15) is 14.0 Å². The fourth-order valence-electron chi connectivity index (χ4n) is 6.00. The van der Waals surface area contributed by atoms with Crippen LogP contribution in [0.15, 0.2) is 43.1 Å². The highest BCUT2D eigenvalue weighted by Gasteiger charge is 2.29. The van der Waals surface area contributed by atoms with Gasteiger partial charge in [-0.05, 0) is 60.7 Å². The van der Waals surface area contributed by atoms with Crippen molar-refractivity contribution in [1.82, 2.24) is 44.9 Å². The van der Waals surface area contributed by atoms with Gasteiger partial charge in [-0.15, -0.1) is 10.2 Å². The number of morpholine rings is 1. The Balaban J connectivity index is 1.13. The lowest BCUT2D eigenvalue weighted by Crippen LogP contribution is -2.45. The fourth-order valence-corrected chi connectivity index (χ4v) is 6.00. The molecule has 0 amide bonds. The van der Waals surface area contributed by atoms with E-state index in [0.717, 1.165) is 57.6 Å². The maximum absolute atomic E-state index is 12.5. The average Bonchev–Trinajstić information content (AvgIpc) is 3.77. The van der Waals surface area contributed by atoms with Gasteiger partial charge in [0.1, 0.15) is 36.5 Å². The minimum absolute atomic E-state index is 0.100. The van der Waals surface area contributed by atoms with Crippen molar-refractivity contribution >= 4 is 11.6 Å². The number of tetrazole rings is 1. The molecule has 1 unspecified atom stereocenters. The first-order valence-electron chi connectivity index (χ1n) is 15.9. The number of ether oxygens (including phenoxy) is 4. The summed E-state index contributed by atoms with van der Waals surface area (Å²) in [7, 11) is 0. The maximum atomic E-state index is 12.5. The molecule has 4 heterocycles. The molecule has 15 nitrogen and oxygen atoms in total. The molecule has 2 aliphatic rings. The smallest absolute Gasteiger partial charge is 0.345 e. The SMILES string of the molecule is CC(Cn1cnnn1)Oc1cc(-c2cnc(Nc3cn(C4CCC(N5CCOCC5)CC4)nc3OCCOC(F)F)nc2)ccc1C#N. The molecule has 1 aliphatic heterocycles. The van der Waals surface area contributed by atoms with Gasteiger partial charge in [0.05, 0.1) is 44.2 Å². The molecule has 48 heavy (non-hydrogen) atoms. The van der Waals surface area contributed by atoms with Crippen molar-refractivity contribution in [2.75, 3.05) is 44.8 Å². The third-order valence-corrected chi connectivity index (χ3v) is 8.36. The van der Waals surface area contributed by atoms with Gasteiger partial charge >= 0.3 is 6.61 Å². The molecular weight excluding hydrogens is 628 g/mol. The van der Waals surface area contributed by atoms with Gasteiger partial charge in [-0.25, -0.2) is 14.6 Å². The van der Waals surface area contributed by atoms with E-state index in [0.29, 0.717) is 41.1 Å². The Kier molecular flexibility index (Phi) is 11.0. The van der Waals surface area contributed by atoms with Gasteiger partial charge in [-0.2, -0.15) is 14.0 Å². The predicted molar refractivity (Wildman–Crippen MR) is 167 cm³/mol. The highest BCUT2D eigenvalue weighted by atomic mass is 19.3. The first kappa shape index (κ1) is 33.1. The van der Waals surface area contributed by atoms with E-state index in [1.54, 1.807) is 35.3 Å². The first-order valence-corrected chi connectivity index (χ1v) is 15.9. The quantitative estimate of drug-likeness (QED) is 0.194. The van der Waals surface area contributed by atoms with E-state index in [1.165, 1.54) is 6.33 Å². The molecule has 1 aromatic carbocycles. The standard InChI is InChI=1S/C31H37F2N11O4/c1-21(18-43-20-37-40-41-43)48-28-14-22(2-3-23(28)15-34)24-16-35-31(36-17-24)38-27-19-44(39-29(27)46-12-13-47-30(32)33)26-6-4-25(5-7-26)42-8-10-45-11-9-42/h2-3,14,16-17,19-21,25-26,30H,4-13,18H2,1H3,(H,35,36,38). The molecule has 4 aromatic rings. The molecule has 1 N–H and O–H groups in total. The normalized spacial score (nSPS) is 19.1. The molecule has 1 atom stereocenters. The van der Waals surface area contributed by atoms with Gasteiger partial charge in [0.15, 0.2) is 0 Å². The van der Waals surface area contributed by atoms with E-state index < -0.39 is 6.61 Å². The van der Waals surface area contributed by atoms with Crippen LogP contribution in [-0.2, 0) is 16.0 Å². The lowest BCUT2D eigenvalue weighted by atomic mass is 9.90. The van der Waals surface area contributed by atoms with Crippen molar-refractivity contribution < 1.29 is 27.7 Å². The number of hydrogen-bond donors (Lipinski definition) is 1. The second-order valence-corrected chi connectivity index (χ2v) is 11.6. The zero-order valence-corrected chi connectivity index (χ0v) is 26.5. The Hall–Kier alpha value is -4.79. The monoisotopic (exact) mass is 665 g/mol. The van der Waals surface area contributed by atoms with Crippen molar-refractivity contribution in [2.45, 2.75) is 64.0 Å². The molecule has 0 spiro atoms. The lowest BCUT2D eigenvalue weighted by molar-refractivity contribution is -0.133. The first-order chi connectivity index (χ1) is 23.4. The summed E-state index contributed by atoms with van der Waals surface area (Å²) in [4.78, 5) is 11.5. The van der Waals surface area contributed by atoms with Crippen molar-refractivity contribution in [3.63, 3.8) is 0 Å². The second-order valence-electron chi connectivity index (χ2n) is 11.6. The van der Waals surface area contributed by atoms with Gasteiger partial charge in [0.2, 0.25) is 5.95 Å². The van der Waals surface area contributed by atoms with Gasteiger partial charge in [-0.3, -0.25) is 9.58 Å². The van der Waals surface area contributed by atoms with Crippen molar-refractivity contribution in [3.05, 3.63) is 48.7 Å². The number of aromatic nitrogens is 8. The topological polar surface area (TPSA) is 163 Å². The summed E-state index contributed by atoms with van der Waals surface area (Å²) in [5.74, 6) is 0.963. The van der Waals surface area contributed by atoms with E-state index in [4.69, 9.17) is 14.2 Å². The summed E-state index contributed by atoms with van der Waals surface area (Å²) in [6, 6.07) is 8.12. The van der Waals surface area contributed by atoms with E-state index in [-0.39, 0.29) is 31.2 Å². The van der Waals surface area contributed by atoms with Crippen molar-refractivity contribution in [1.29, 1.82) is 5.26 Å². The second kappa shape index (κ2) is 15.9. The molecule has 254 valence electrons. The Morgan fingerprint density at radius 3 is 2.54 bits per heavy atom. The summed E-state index contributed by atoms with van der Waals surface area (Å²) >= 11 is 0. The van der Waals surface area contributed by atoms with Crippen LogP contribution in [0, 0.1) is 11.3 Å². The Morgan fingerprint density at radius 1 is 1.06 bits per heavy atom. The molecular formula is C31H37F2N11O4. The highest BCUT2D eigenvalue weighted by molar-refractivity contribution is 5.67. The molecule has 17 heteroatoms. The predicted octanol–water partition coefficient (Wildman–Crippen LogP) is 3.84. The zero-order valence-electron chi connectivity index (χ0n) is 26.5. The number of nitrogens with one attached hydrogen (secondary N) is 1. The highest BCUT2D eigenvalue weighted by Crippen LogP contribution is 2.35. The van der Waals surface area contributed by atoms with Crippen LogP contribution >= 0.6 is 0 Å². The zero-order chi connectivity index (χ0) is 33.3. The Bertz CT molecular complexity index is 1640. The number of nitrogens with zero attached hydrogens (tertiary/aromatic N) is 10. The number of hydrogen-bond acceptors (Lipinski definition) is 13. The average molecular weight is 666 g/mol. The van der Waals surface area contributed by atoms with Crippen LogP contribution in [0.25, 0.3) is 11.1 Å². The van der Waals surface area contributed by atoms with Crippen LogP contribution < -0.4 is 14.8 Å². The van der Waals surface area contributed by atoms with Crippen LogP contribution in [0.1, 0.15) is 44.2 Å². The Morgan fingerprint density at radius 2 is 1.83 bits per heavy atom. The minimum atomic E-state index is -2.88. The lowest BCUT2D eigenvalue weighted by Gasteiger charge is -2.38. The number of halogens is 2. The Labute approximate surface area is 275 Å². The number of rotatable bonds is 14. The van der Waals surface area contributed by atoms with Crippen LogP contribution in [-0.4, -0.2) is 103 Å². The molecule has 1 saturated carbocycles. The van der Waals surface area contributed by atoms with Gasteiger partial charge < -0.3 is 24.3 Å². The van der Waals surface area contributed by atoms with Crippen LogP contribution in [0.4, 0.5) is 20.4 Å².